The van der Waals surface area contributed by atoms with Gasteiger partial charge in [0.25, 0.3) is 0 Å². The number of hydrogen-bond acceptors (Lipinski definition) is 3. The first-order valence-corrected chi connectivity index (χ1v) is 7.53. The summed E-state index contributed by atoms with van der Waals surface area (Å²) in [6.07, 6.45) is 5.27. The number of hydrogen-bond donors (Lipinski definition) is 0. The van der Waals surface area contributed by atoms with Crippen LogP contribution in [0.15, 0.2) is 30.3 Å². The zero-order valence-corrected chi connectivity index (χ0v) is 12.6. The molecule has 3 heteroatoms. The minimum atomic E-state index is -0.411. The summed E-state index contributed by atoms with van der Waals surface area (Å²) in [5.41, 5.74) is 0.709. The average Bonchev–Trinajstić information content (AvgIpc) is 2.48. The van der Waals surface area contributed by atoms with Gasteiger partial charge in [0.05, 0.1) is 5.41 Å². The molecule has 0 spiro atoms. The maximum atomic E-state index is 12.7. The predicted molar refractivity (Wildman–Crippen MR) is 80.7 cm³/mol. The van der Waals surface area contributed by atoms with Crippen LogP contribution in [-0.4, -0.2) is 38.1 Å². The van der Waals surface area contributed by atoms with Crippen molar-refractivity contribution in [2.75, 3.05) is 27.2 Å². The van der Waals surface area contributed by atoms with E-state index in [9.17, 15) is 4.79 Å². The van der Waals surface area contributed by atoms with E-state index in [0.717, 1.165) is 37.8 Å². The Morgan fingerprint density at radius 3 is 2.40 bits per heavy atom. The molecule has 20 heavy (non-hydrogen) atoms. The number of nitrogens with zero attached hydrogens (tertiary/aromatic N) is 1. The van der Waals surface area contributed by atoms with E-state index in [1.165, 1.54) is 6.42 Å². The lowest BCUT2D eigenvalue weighted by Crippen LogP contribution is -2.40. The largest absolute Gasteiger partial charge is 0.464 e. The molecular weight excluding hydrogens is 250 g/mol. The summed E-state index contributed by atoms with van der Waals surface area (Å²) in [5.74, 6) is -0.0368. The molecule has 1 aliphatic carbocycles. The Morgan fingerprint density at radius 2 is 1.80 bits per heavy atom. The third kappa shape index (κ3) is 3.40. The van der Waals surface area contributed by atoms with Crippen molar-refractivity contribution in [2.45, 2.75) is 37.5 Å². The molecule has 0 N–H and O–H groups in total. The Kier molecular flexibility index (Phi) is 5.18. The highest BCUT2D eigenvalue weighted by molar-refractivity contribution is 5.83. The fourth-order valence-corrected chi connectivity index (χ4v) is 2.98. The van der Waals surface area contributed by atoms with Crippen LogP contribution in [0, 0.1) is 0 Å². The Bertz CT molecular complexity index is 422. The standard InChI is InChI=1S/C17H25NO2/c1-18(2)13-14-20-16(19)17(11-7-4-8-12-17)15-9-5-3-6-10-15/h3,5-6,9-10H,4,7-8,11-14H2,1-2H3. The molecule has 0 aliphatic heterocycles. The number of carbonyl (C=O) groups is 1. The van der Waals surface area contributed by atoms with Gasteiger partial charge in [-0.2, -0.15) is 0 Å². The summed E-state index contributed by atoms with van der Waals surface area (Å²) in [5, 5.41) is 0. The van der Waals surface area contributed by atoms with E-state index in [2.05, 4.69) is 12.1 Å². The van der Waals surface area contributed by atoms with Crippen LogP contribution in [0.2, 0.25) is 0 Å². The maximum Gasteiger partial charge on any atom is 0.316 e. The molecule has 0 radical (unpaired) electrons. The first-order chi connectivity index (χ1) is 9.65. The molecule has 110 valence electrons. The summed E-state index contributed by atoms with van der Waals surface area (Å²) in [4.78, 5) is 14.7. The zero-order valence-electron chi connectivity index (χ0n) is 12.6. The summed E-state index contributed by atoms with van der Waals surface area (Å²) in [6, 6.07) is 10.2. The number of ether oxygens (including phenoxy) is 1. The molecule has 1 aromatic rings. The van der Waals surface area contributed by atoms with E-state index in [1.807, 2.05) is 37.2 Å². The van der Waals surface area contributed by atoms with E-state index in [0.29, 0.717) is 6.61 Å². The van der Waals surface area contributed by atoms with Crippen LogP contribution >= 0.6 is 0 Å². The molecule has 1 fully saturated rings. The molecule has 3 nitrogen and oxygen atoms in total. The van der Waals surface area contributed by atoms with Crippen molar-refractivity contribution in [3.05, 3.63) is 35.9 Å². The molecule has 0 bridgehead atoms. The van der Waals surface area contributed by atoms with Crippen molar-refractivity contribution in [1.29, 1.82) is 0 Å². The van der Waals surface area contributed by atoms with Crippen LogP contribution in [0.1, 0.15) is 37.7 Å². The van der Waals surface area contributed by atoms with Crippen LogP contribution < -0.4 is 0 Å². The lowest BCUT2D eigenvalue weighted by Gasteiger charge is -2.35. The Morgan fingerprint density at radius 1 is 1.15 bits per heavy atom. The van der Waals surface area contributed by atoms with Crippen molar-refractivity contribution in [1.82, 2.24) is 4.90 Å². The molecule has 1 saturated carbocycles. The highest BCUT2D eigenvalue weighted by Crippen LogP contribution is 2.40. The van der Waals surface area contributed by atoms with Gasteiger partial charge >= 0.3 is 5.97 Å². The van der Waals surface area contributed by atoms with Gasteiger partial charge in [-0.15, -0.1) is 0 Å². The number of benzene rings is 1. The minimum absolute atomic E-state index is 0.0368. The maximum absolute atomic E-state index is 12.7. The van der Waals surface area contributed by atoms with Gasteiger partial charge in [-0.3, -0.25) is 4.79 Å². The van der Waals surface area contributed by atoms with E-state index in [1.54, 1.807) is 0 Å². The second-order valence-electron chi connectivity index (χ2n) is 5.95. The minimum Gasteiger partial charge on any atom is -0.464 e. The normalized spacial score (nSPS) is 17.9. The van der Waals surface area contributed by atoms with E-state index >= 15 is 0 Å². The highest BCUT2D eigenvalue weighted by atomic mass is 16.5. The van der Waals surface area contributed by atoms with Crippen LogP contribution in [0.5, 0.6) is 0 Å². The third-order valence-corrected chi connectivity index (χ3v) is 4.20. The van der Waals surface area contributed by atoms with Gasteiger partial charge in [0.2, 0.25) is 0 Å². The first kappa shape index (κ1) is 15.0. The van der Waals surface area contributed by atoms with Crippen LogP contribution in [-0.2, 0) is 14.9 Å². The topological polar surface area (TPSA) is 29.5 Å². The number of likely N-dealkylation sites (N-methyl/N-ethyl adjacent to an activating group) is 1. The molecule has 0 aromatic heterocycles. The molecule has 2 rings (SSSR count). The monoisotopic (exact) mass is 275 g/mol. The van der Waals surface area contributed by atoms with Crippen molar-refractivity contribution < 1.29 is 9.53 Å². The van der Waals surface area contributed by atoms with Crippen molar-refractivity contribution in [3.8, 4) is 0 Å². The number of carbonyl (C=O) groups excluding carboxylic acids is 1. The van der Waals surface area contributed by atoms with Gasteiger partial charge in [-0.1, -0.05) is 49.6 Å². The van der Waals surface area contributed by atoms with Gasteiger partial charge < -0.3 is 9.64 Å². The summed E-state index contributed by atoms with van der Waals surface area (Å²) < 4.78 is 5.57. The lowest BCUT2D eigenvalue weighted by atomic mass is 9.69. The first-order valence-electron chi connectivity index (χ1n) is 7.53. The summed E-state index contributed by atoms with van der Waals surface area (Å²) in [6.45, 7) is 1.25. The van der Waals surface area contributed by atoms with Crippen molar-refractivity contribution in [2.24, 2.45) is 0 Å². The van der Waals surface area contributed by atoms with Gasteiger partial charge in [0.15, 0.2) is 0 Å². The summed E-state index contributed by atoms with van der Waals surface area (Å²) >= 11 is 0. The average molecular weight is 275 g/mol. The molecule has 1 aliphatic rings. The molecular formula is C17H25NO2. The van der Waals surface area contributed by atoms with Gasteiger partial charge in [0, 0.05) is 6.54 Å². The van der Waals surface area contributed by atoms with Gasteiger partial charge in [-0.25, -0.2) is 0 Å². The van der Waals surface area contributed by atoms with Gasteiger partial charge in [-0.05, 0) is 32.5 Å². The third-order valence-electron chi connectivity index (χ3n) is 4.20. The van der Waals surface area contributed by atoms with Crippen LogP contribution in [0.25, 0.3) is 0 Å². The molecule has 1 aromatic carbocycles. The Balaban J connectivity index is 2.13. The van der Waals surface area contributed by atoms with E-state index in [4.69, 9.17) is 4.74 Å². The Labute approximate surface area is 121 Å². The zero-order chi connectivity index (χ0) is 14.4. The lowest BCUT2D eigenvalue weighted by molar-refractivity contribution is -0.152. The van der Waals surface area contributed by atoms with E-state index in [-0.39, 0.29) is 5.97 Å². The fraction of sp³-hybridized carbons (Fsp3) is 0.588. The molecule has 0 amide bonds. The van der Waals surface area contributed by atoms with E-state index < -0.39 is 5.41 Å². The molecule has 0 unspecified atom stereocenters. The summed E-state index contributed by atoms with van der Waals surface area (Å²) in [7, 11) is 3.98. The van der Waals surface area contributed by atoms with Crippen LogP contribution in [0.3, 0.4) is 0 Å². The second-order valence-corrected chi connectivity index (χ2v) is 5.95. The quantitative estimate of drug-likeness (QED) is 0.774. The van der Waals surface area contributed by atoms with Crippen molar-refractivity contribution >= 4 is 5.97 Å². The molecule has 0 atom stereocenters. The van der Waals surface area contributed by atoms with Crippen molar-refractivity contribution in [3.63, 3.8) is 0 Å². The highest BCUT2D eigenvalue weighted by Gasteiger charge is 2.42. The van der Waals surface area contributed by atoms with Crippen LogP contribution in [0.4, 0.5) is 0 Å². The number of esters is 1. The smallest absolute Gasteiger partial charge is 0.316 e. The molecule has 0 heterocycles. The Hall–Kier alpha value is -1.35. The fourth-order valence-electron chi connectivity index (χ4n) is 2.98. The molecule has 0 saturated heterocycles. The predicted octanol–water partition coefficient (Wildman–Crippen LogP) is 2.99. The second kappa shape index (κ2) is 6.89. The number of rotatable bonds is 5. The SMILES string of the molecule is CN(C)CCOC(=O)C1(c2ccccc2)CCCCC1. The van der Waals surface area contributed by atoms with Gasteiger partial charge in [0.1, 0.15) is 6.61 Å².